The van der Waals surface area contributed by atoms with Gasteiger partial charge in [0.1, 0.15) is 0 Å². The molecule has 3 fully saturated rings. The molecular formula is C15H17ClN4O. The summed E-state index contributed by atoms with van der Waals surface area (Å²) in [6, 6.07) is 8.04. The SMILES string of the molecule is Clc1cccc(-c2nc(N3CCN4CCC3CC4)no2)c1. The Morgan fingerprint density at radius 1 is 1.14 bits per heavy atom. The van der Waals surface area contributed by atoms with Gasteiger partial charge in [-0.1, -0.05) is 17.7 Å². The lowest BCUT2D eigenvalue weighted by atomic mass is 10.1. The second kappa shape index (κ2) is 5.31. The molecular weight excluding hydrogens is 288 g/mol. The molecule has 21 heavy (non-hydrogen) atoms. The maximum Gasteiger partial charge on any atom is 0.266 e. The first kappa shape index (κ1) is 13.1. The zero-order valence-electron chi connectivity index (χ0n) is 11.7. The first-order valence-electron chi connectivity index (χ1n) is 7.38. The summed E-state index contributed by atoms with van der Waals surface area (Å²) in [4.78, 5) is 9.38. The van der Waals surface area contributed by atoms with Crippen molar-refractivity contribution in [1.82, 2.24) is 15.0 Å². The van der Waals surface area contributed by atoms with E-state index in [1.54, 1.807) is 0 Å². The van der Waals surface area contributed by atoms with Crippen LogP contribution in [-0.4, -0.2) is 47.3 Å². The predicted molar refractivity (Wildman–Crippen MR) is 81.6 cm³/mol. The average Bonchev–Trinajstić information content (AvgIpc) is 2.80. The Morgan fingerprint density at radius 2 is 2.00 bits per heavy atom. The average molecular weight is 305 g/mol. The molecule has 0 radical (unpaired) electrons. The highest BCUT2D eigenvalue weighted by Crippen LogP contribution is 2.27. The van der Waals surface area contributed by atoms with Gasteiger partial charge >= 0.3 is 0 Å². The van der Waals surface area contributed by atoms with Crippen LogP contribution in [0.4, 0.5) is 5.95 Å². The van der Waals surface area contributed by atoms with Crippen molar-refractivity contribution in [1.29, 1.82) is 0 Å². The van der Waals surface area contributed by atoms with Gasteiger partial charge < -0.3 is 14.3 Å². The van der Waals surface area contributed by atoms with Crippen molar-refractivity contribution in [3.05, 3.63) is 29.3 Å². The number of hydrogen-bond donors (Lipinski definition) is 0. The molecule has 3 aliphatic rings. The molecule has 2 bridgehead atoms. The summed E-state index contributed by atoms with van der Waals surface area (Å²) in [5.74, 6) is 1.24. The second-order valence-electron chi connectivity index (χ2n) is 5.68. The maximum atomic E-state index is 6.02. The summed E-state index contributed by atoms with van der Waals surface area (Å²) in [6.45, 7) is 4.41. The molecule has 5 nitrogen and oxygen atoms in total. The van der Waals surface area contributed by atoms with Crippen LogP contribution in [0.25, 0.3) is 11.5 Å². The van der Waals surface area contributed by atoms with E-state index in [2.05, 4.69) is 19.9 Å². The lowest BCUT2D eigenvalue weighted by Crippen LogP contribution is -2.38. The number of nitrogens with zero attached hydrogens (tertiary/aromatic N) is 4. The highest BCUT2D eigenvalue weighted by molar-refractivity contribution is 6.30. The van der Waals surface area contributed by atoms with Crippen molar-refractivity contribution < 1.29 is 4.52 Å². The first-order chi connectivity index (χ1) is 10.3. The number of piperidine rings is 1. The van der Waals surface area contributed by atoms with Crippen LogP contribution in [0.5, 0.6) is 0 Å². The molecule has 0 aliphatic carbocycles. The van der Waals surface area contributed by atoms with Gasteiger partial charge in [0.2, 0.25) is 0 Å². The van der Waals surface area contributed by atoms with E-state index in [-0.39, 0.29) is 0 Å². The third-order valence-electron chi connectivity index (χ3n) is 4.40. The first-order valence-corrected chi connectivity index (χ1v) is 7.76. The Bertz CT molecular complexity index is 636. The second-order valence-corrected chi connectivity index (χ2v) is 6.11. The largest absolute Gasteiger partial charge is 0.334 e. The number of rotatable bonds is 2. The summed E-state index contributed by atoms with van der Waals surface area (Å²) in [5, 5.41) is 4.86. The Kier molecular flexibility index (Phi) is 3.31. The van der Waals surface area contributed by atoms with E-state index in [0.29, 0.717) is 22.9 Å². The van der Waals surface area contributed by atoms with Crippen LogP contribution in [-0.2, 0) is 0 Å². The minimum Gasteiger partial charge on any atom is -0.334 e. The standard InChI is InChI=1S/C15H17ClN4O/c16-12-3-1-2-11(10-12)14-17-15(18-21-14)20-9-8-19-6-4-13(20)5-7-19/h1-3,10,13H,4-9H2. The van der Waals surface area contributed by atoms with Gasteiger partial charge in [-0.3, -0.25) is 0 Å². The Labute approximate surface area is 128 Å². The molecule has 2 aromatic rings. The van der Waals surface area contributed by atoms with E-state index < -0.39 is 0 Å². The van der Waals surface area contributed by atoms with Gasteiger partial charge in [-0.25, -0.2) is 0 Å². The van der Waals surface area contributed by atoms with Gasteiger partial charge in [0.25, 0.3) is 11.8 Å². The number of fused-ring (bicyclic) bond motifs is 4. The van der Waals surface area contributed by atoms with Crippen LogP contribution >= 0.6 is 11.6 Å². The molecule has 0 unspecified atom stereocenters. The van der Waals surface area contributed by atoms with Crippen molar-refractivity contribution >= 4 is 17.5 Å². The van der Waals surface area contributed by atoms with Crippen molar-refractivity contribution in [2.24, 2.45) is 0 Å². The van der Waals surface area contributed by atoms with E-state index in [9.17, 15) is 0 Å². The van der Waals surface area contributed by atoms with Crippen LogP contribution in [0, 0.1) is 0 Å². The zero-order valence-corrected chi connectivity index (χ0v) is 12.5. The normalized spacial score (nSPS) is 25.1. The summed E-state index contributed by atoms with van der Waals surface area (Å²) < 4.78 is 5.43. The highest BCUT2D eigenvalue weighted by Gasteiger charge is 2.31. The van der Waals surface area contributed by atoms with Crippen molar-refractivity contribution in [2.75, 3.05) is 31.1 Å². The summed E-state index contributed by atoms with van der Waals surface area (Å²) >= 11 is 6.02. The van der Waals surface area contributed by atoms with Crippen LogP contribution < -0.4 is 4.90 Å². The molecule has 0 spiro atoms. The summed E-state index contributed by atoms with van der Waals surface area (Å²) in [6.07, 6.45) is 2.36. The minimum absolute atomic E-state index is 0.534. The quantitative estimate of drug-likeness (QED) is 0.853. The number of hydrogen-bond acceptors (Lipinski definition) is 5. The maximum absolute atomic E-state index is 6.02. The van der Waals surface area contributed by atoms with Gasteiger partial charge in [0.15, 0.2) is 0 Å². The Morgan fingerprint density at radius 3 is 2.81 bits per heavy atom. The fourth-order valence-corrected chi connectivity index (χ4v) is 3.41. The Hall–Kier alpha value is -1.59. The molecule has 0 N–H and O–H groups in total. The fourth-order valence-electron chi connectivity index (χ4n) is 3.22. The smallest absolute Gasteiger partial charge is 0.266 e. The van der Waals surface area contributed by atoms with Gasteiger partial charge in [0.05, 0.1) is 0 Å². The van der Waals surface area contributed by atoms with Crippen LogP contribution in [0.2, 0.25) is 5.02 Å². The van der Waals surface area contributed by atoms with E-state index in [1.807, 2.05) is 24.3 Å². The minimum atomic E-state index is 0.534. The van der Waals surface area contributed by atoms with Crippen LogP contribution in [0.3, 0.4) is 0 Å². The molecule has 6 heteroatoms. The predicted octanol–water partition coefficient (Wildman–Crippen LogP) is 2.67. The van der Waals surface area contributed by atoms with E-state index in [4.69, 9.17) is 16.1 Å². The summed E-state index contributed by atoms with van der Waals surface area (Å²) in [7, 11) is 0. The molecule has 3 aliphatic heterocycles. The highest BCUT2D eigenvalue weighted by atomic mass is 35.5. The van der Waals surface area contributed by atoms with E-state index >= 15 is 0 Å². The van der Waals surface area contributed by atoms with Crippen molar-refractivity contribution in [3.63, 3.8) is 0 Å². The third kappa shape index (κ3) is 2.51. The van der Waals surface area contributed by atoms with Gasteiger partial charge in [-0.15, -0.1) is 0 Å². The molecule has 1 aromatic heterocycles. The monoisotopic (exact) mass is 304 g/mol. The number of halogens is 1. The number of benzene rings is 1. The molecule has 0 saturated carbocycles. The lowest BCUT2D eigenvalue weighted by molar-refractivity contribution is 0.250. The van der Waals surface area contributed by atoms with Crippen molar-refractivity contribution in [2.45, 2.75) is 18.9 Å². The molecule has 5 rings (SSSR count). The zero-order chi connectivity index (χ0) is 14.2. The molecule has 4 heterocycles. The van der Waals surface area contributed by atoms with Crippen LogP contribution in [0.1, 0.15) is 12.8 Å². The van der Waals surface area contributed by atoms with E-state index in [0.717, 1.165) is 18.7 Å². The third-order valence-corrected chi connectivity index (χ3v) is 4.63. The molecule has 3 saturated heterocycles. The van der Waals surface area contributed by atoms with E-state index in [1.165, 1.54) is 25.9 Å². The molecule has 110 valence electrons. The molecule has 0 amide bonds. The Balaban J connectivity index is 1.62. The molecule has 0 atom stereocenters. The fraction of sp³-hybridized carbons (Fsp3) is 0.467. The lowest BCUT2D eigenvalue weighted by Gasteiger charge is -2.30. The summed E-state index contributed by atoms with van der Waals surface area (Å²) in [5.41, 5.74) is 0.865. The van der Waals surface area contributed by atoms with Crippen molar-refractivity contribution in [3.8, 4) is 11.5 Å². The van der Waals surface area contributed by atoms with Gasteiger partial charge in [0, 0.05) is 42.8 Å². The topological polar surface area (TPSA) is 45.4 Å². The van der Waals surface area contributed by atoms with Gasteiger partial charge in [-0.2, -0.15) is 4.98 Å². The number of anilines is 1. The molecule has 1 aromatic carbocycles. The van der Waals surface area contributed by atoms with Gasteiger partial charge in [-0.05, 0) is 36.2 Å². The number of aromatic nitrogens is 2. The van der Waals surface area contributed by atoms with Crippen LogP contribution in [0.15, 0.2) is 28.8 Å².